The van der Waals surface area contributed by atoms with Crippen molar-refractivity contribution in [1.29, 1.82) is 0 Å². The molecule has 1 aliphatic heterocycles. The van der Waals surface area contributed by atoms with Gasteiger partial charge in [0.05, 0.1) is 6.61 Å². The molecule has 0 bridgehead atoms. The lowest BCUT2D eigenvalue weighted by Gasteiger charge is -2.36. The molecule has 3 heteroatoms. The molecule has 0 fully saturated rings. The van der Waals surface area contributed by atoms with Crippen molar-refractivity contribution in [2.45, 2.75) is 52.2 Å². The summed E-state index contributed by atoms with van der Waals surface area (Å²) in [6.07, 6.45) is 1.90. The summed E-state index contributed by atoms with van der Waals surface area (Å²) in [6, 6.07) is 6.03. The number of fused-ring (bicyclic) bond motifs is 1. The fourth-order valence-corrected chi connectivity index (χ4v) is 2.39. The molecule has 1 unspecified atom stereocenters. The fourth-order valence-electron chi connectivity index (χ4n) is 2.39. The van der Waals surface area contributed by atoms with E-state index in [2.05, 4.69) is 27.7 Å². The Morgan fingerprint density at radius 2 is 2.16 bits per heavy atom. The largest absolute Gasteiger partial charge is 0.493 e. The Kier molecular flexibility index (Phi) is 4.04. The molecule has 0 amide bonds. The summed E-state index contributed by atoms with van der Waals surface area (Å²) < 4.78 is 11.8. The molecule has 0 saturated carbocycles. The van der Waals surface area contributed by atoms with Crippen LogP contribution in [0.2, 0.25) is 0 Å². The highest BCUT2D eigenvalue weighted by Gasteiger charge is 2.31. The first-order valence-corrected chi connectivity index (χ1v) is 7.09. The molecule has 2 N–H and O–H groups in total. The van der Waals surface area contributed by atoms with Gasteiger partial charge in [0.2, 0.25) is 0 Å². The molecule has 0 aliphatic carbocycles. The number of hydrogen-bond acceptors (Lipinski definition) is 3. The van der Waals surface area contributed by atoms with Gasteiger partial charge < -0.3 is 15.2 Å². The predicted molar refractivity (Wildman–Crippen MR) is 77.6 cm³/mol. The van der Waals surface area contributed by atoms with Gasteiger partial charge in [-0.3, -0.25) is 0 Å². The van der Waals surface area contributed by atoms with Crippen molar-refractivity contribution < 1.29 is 9.47 Å². The van der Waals surface area contributed by atoms with E-state index in [1.165, 1.54) is 0 Å². The number of ether oxygens (including phenoxy) is 2. The number of rotatable bonds is 4. The molecule has 1 aliphatic rings. The molecular formula is C16H25NO2. The summed E-state index contributed by atoms with van der Waals surface area (Å²) in [5.74, 6) is 2.39. The van der Waals surface area contributed by atoms with Gasteiger partial charge >= 0.3 is 0 Å². The van der Waals surface area contributed by atoms with Crippen LogP contribution < -0.4 is 15.2 Å². The molecule has 106 valence electrons. The van der Waals surface area contributed by atoms with Crippen molar-refractivity contribution in [1.82, 2.24) is 0 Å². The van der Waals surface area contributed by atoms with Gasteiger partial charge in [-0.05, 0) is 32.3 Å². The maximum Gasteiger partial charge on any atom is 0.128 e. The molecule has 1 aromatic carbocycles. The number of nitrogens with two attached hydrogens (primary N) is 1. The van der Waals surface area contributed by atoms with Gasteiger partial charge in [0.25, 0.3) is 0 Å². The van der Waals surface area contributed by atoms with Crippen LogP contribution >= 0.6 is 0 Å². The predicted octanol–water partition coefficient (Wildman–Crippen LogP) is 3.67. The summed E-state index contributed by atoms with van der Waals surface area (Å²) in [5.41, 5.74) is 7.06. The van der Waals surface area contributed by atoms with Gasteiger partial charge in [-0.15, -0.1) is 0 Å². The van der Waals surface area contributed by atoms with Crippen molar-refractivity contribution in [3.63, 3.8) is 0 Å². The molecule has 3 nitrogen and oxygen atoms in total. The Morgan fingerprint density at radius 1 is 1.42 bits per heavy atom. The lowest BCUT2D eigenvalue weighted by atomic mass is 9.90. The highest BCUT2D eigenvalue weighted by molar-refractivity contribution is 5.44. The topological polar surface area (TPSA) is 44.5 Å². The van der Waals surface area contributed by atoms with E-state index in [0.29, 0.717) is 5.92 Å². The number of hydrogen-bond donors (Lipinski definition) is 1. The van der Waals surface area contributed by atoms with Crippen LogP contribution in [0.1, 0.15) is 52.1 Å². The Hall–Kier alpha value is -1.22. The van der Waals surface area contributed by atoms with Crippen LogP contribution in [-0.2, 0) is 0 Å². The van der Waals surface area contributed by atoms with Crippen LogP contribution in [0.4, 0.5) is 0 Å². The fraction of sp³-hybridized carbons (Fsp3) is 0.625. The summed E-state index contributed by atoms with van der Waals surface area (Å²) in [7, 11) is 0. The molecule has 1 atom stereocenters. The molecule has 0 saturated heterocycles. The first-order chi connectivity index (χ1) is 8.87. The zero-order valence-electron chi connectivity index (χ0n) is 12.4. The van der Waals surface area contributed by atoms with E-state index in [0.717, 1.165) is 36.5 Å². The second-order valence-corrected chi connectivity index (χ2v) is 6.40. The Labute approximate surface area is 116 Å². The zero-order chi connectivity index (χ0) is 14.0. The van der Waals surface area contributed by atoms with E-state index < -0.39 is 0 Å². The quantitative estimate of drug-likeness (QED) is 0.901. The second kappa shape index (κ2) is 5.41. The third kappa shape index (κ3) is 3.63. The summed E-state index contributed by atoms with van der Waals surface area (Å²) in [4.78, 5) is 0. The standard InChI is InChI=1S/C16H25NO2/c1-11(2)7-8-18-12-5-6-13-14(17)10-16(3,4)19-15(13)9-12/h5-6,9,11,14H,7-8,10,17H2,1-4H3. The molecular weight excluding hydrogens is 238 g/mol. The first-order valence-electron chi connectivity index (χ1n) is 7.09. The summed E-state index contributed by atoms with van der Waals surface area (Å²) in [6.45, 7) is 9.28. The van der Waals surface area contributed by atoms with Gasteiger partial charge in [0.15, 0.2) is 0 Å². The SMILES string of the molecule is CC(C)CCOc1ccc2c(c1)OC(C)(C)CC2N. The Morgan fingerprint density at radius 3 is 2.84 bits per heavy atom. The van der Waals surface area contributed by atoms with Gasteiger partial charge in [-0.25, -0.2) is 0 Å². The summed E-state index contributed by atoms with van der Waals surface area (Å²) in [5, 5.41) is 0. The van der Waals surface area contributed by atoms with Crippen LogP contribution in [-0.4, -0.2) is 12.2 Å². The smallest absolute Gasteiger partial charge is 0.128 e. The minimum absolute atomic E-state index is 0.0449. The average Bonchev–Trinajstić information content (AvgIpc) is 2.26. The van der Waals surface area contributed by atoms with Crippen molar-refractivity contribution in [2.24, 2.45) is 11.7 Å². The normalized spacial score (nSPS) is 20.8. The van der Waals surface area contributed by atoms with Crippen LogP contribution in [0.25, 0.3) is 0 Å². The van der Waals surface area contributed by atoms with Crippen molar-refractivity contribution in [3.05, 3.63) is 23.8 Å². The molecule has 0 spiro atoms. The van der Waals surface area contributed by atoms with E-state index >= 15 is 0 Å². The van der Waals surface area contributed by atoms with Crippen molar-refractivity contribution in [2.75, 3.05) is 6.61 Å². The third-order valence-corrected chi connectivity index (χ3v) is 3.45. The number of benzene rings is 1. The maximum absolute atomic E-state index is 6.19. The maximum atomic E-state index is 6.19. The average molecular weight is 263 g/mol. The molecule has 0 radical (unpaired) electrons. The highest BCUT2D eigenvalue weighted by Crippen LogP contribution is 2.39. The Balaban J connectivity index is 2.10. The van der Waals surface area contributed by atoms with Crippen LogP contribution in [0.15, 0.2) is 18.2 Å². The van der Waals surface area contributed by atoms with Crippen LogP contribution in [0.3, 0.4) is 0 Å². The van der Waals surface area contributed by atoms with E-state index in [1.54, 1.807) is 0 Å². The van der Waals surface area contributed by atoms with Crippen LogP contribution in [0.5, 0.6) is 11.5 Å². The monoisotopic (exact) mass is 263 g/mol. The van der Waals surface area contributed by atoms with E-state index in [4.69, 9.17) is 15.2 Å². The lowest BCUT2D eigenvalue weighted by Crippen LogP contribution is -2.37. The Bertz CT molecular complexity index is 440. The van der Waals surface area contributed by atoms with Crippen LogP contribution in [0, 0.1) is 5.92 Å². The van der Waals surface area contributed by atoms with E-state index in [1.807, 2.05) is 18.2 Å². The lowest BCUT2D eigenvalue weighted by molar-refractivity contribution is 0.0724. The van der Waals surface area contributed by atoms with E-state index in [9.17, 15) is 0 Å². The van der Waals surface area contributed by atoms with Gasteiger partial charge in [-0.2, -0.15) is 0 Å². The van der Waals surface area contributed by atoms with Crippen molar-refractivity contribution >= 4 is 0 Å². The van der Waals surface area contributed by atoms with E-state index in [-0.39, 0.29) is 11.6 Å². The minimum Gasteiger partial charge on any atom is -0.493 e. The van der Waals surface area contributed by atoms with Gasteiger partial charge in [-0.1, -0.05) is 19.9 Å². The zero-order valence-corrected chi connectivity index (χ0v) is 12.4. The molecule has 0 aromatic heterocycles. The van der Waals surface area contributed by atoms with Gasteiger partial charge in [0.1, 0.15) is 17.1 Å². The molecule has 19 heavy (non-hydrogen) atoms. The van der Waals surface area contributed by atoms with Gasteiger partial charge in [0, 0.05) is 24.1 Å². The third-order valence-electron chi connectivity index (χ3n) is 3.45. The summed E-state index contributed by atoms with van der Waals surface area (Å²) >= 11 is 0. The molecule has 2 rings (SSSR count). The van der Waals surface area contributed by atoms with Crippen molar-refractivity contribution in [3.8, 4) is 11.5 Å². The highest BCUT2D eigenvalue weighted by atomic mass is 16.5. The second-order valence-electron chi connectivity index (χ2n) is 6.40. The molecule has 1 aromatic rings. The first kappa shape index (κ1) is 14.2. The molecule has 1 heterocycles. The minimum atomic E-state index is -0.205.